The summed E-state index contributed by atoms with van der Waals surface area (Å²) in [5.74, 6) is 0.0400. The van der Waals surface area contributed by atoms with E-state index in [1.807, 2.05) is 6.92 Å². The molecule has 1 amide bonds. The maximum Gasteiger partial charge on any atom is 0.243 e. The second-order valence-corrected chi connectivity index (χ2v) is 8.92. The summed E-state index contributed by atoms with van der Waals surface area (Å²) in [6.45, 7) is 4.78. The van der Waals surface area contributed by atoms with Crippen molar-refractivity contribution in [2.45, 2.75) is 36.8 Å². The number of aliphatic hydroxyl groups excluding tert-OH is 1. The predicted molar refractivity (Wildman–Crippen MR) is 98.1 cm³/mol. The van der Waals surface area contributed by atoms with Gasteiger partial charge in [0.05, 0.1) is 17.0 Å². The molecule has 7 nitrogen and oxygen atoms in total. The molecule has 0 saturated carbocycles. The molecule has 1 atom stereocenters. The summed E-state index contributed by atoms with van der Waals surface area (Å²) in [4.78, 5) is 16.9. The molecule has 2 aliphatic heterocycles. The summed E-state index contributed by atoms with van der Waals surface area (Å²) in [5.41, 5.74) is 0. The average Bonchev–Trinajstić information content (AvgIpc) is 2.68. The van der Waals surface area contributed by atoms with Crippen molar-refractivity contribution in [1.82, 2.24) is 14.1 Å². The molecule has 1 unspecified atom stereocenters. The van der Waals surface area contributed by atoms with Crippen LogP contribution in [0.2, 0.25) is 0 Å². The highest BCUT2D eigenvalue weighted by Gasteiger charge is 2.33. The zero-order valence-electron chi connectivity index (χ0n) is 15.1. The van der Waals surface area contributed by atoms with Crippen LogP contribution in [-0.2, 0) is 14.8 Å². The quantitative estimate of drug-likeness (QED) is 0.815. The molecular formula is C18H27N3O4S. The number of hydrogen-bond donors (Lipinski definition) is 1. The van der Waals surface area contributed by atoms with Crippen LogP contribution in [0, 0.1) is 0 Å². The Bertz CT molecular complexity index is 709. The lowest BCUT2D eigenvalue weighted by Crippen LogP contribution is -2.56. The maximum atomic E-state index is 12.8. The Morgan fingerprint density at radius 3 is 2.19 bits per heavy atom. The number of sulfonamides is 1. The maximum absolute atomic E-state index is 12.8. The Kier molecular flexibility index (Phi) is 5.96. The molecule has 2 aliphatic rings. The smallest absolute Gasteiger partial charge is 0.243 e. The average molecular weight is 381 g/mol. The van der Waals surface area contributed by atoms with Gasteiger partial charge in [0.25, 0.3) is 0 Å². The normalized spacial score (nSPS) is 22.3. The number of likely N-dealkylation sites (tertiary alicyclic amines) is 1. The fourth-order valence-corrected chi connectivity index (χ4v) is 5.03. The third-order valence-corrected chi connectivity index (χ3v) is 7.25. The van der Waals surface area contributed by atoms with E-state index < -0.39 is 10.0 Å². The Morgan fingerprint density at radius 2 is 1.62 bits per heavy atom. The molecule has 0 spiro atoms. The van der Waals surface area contributed by atoms with Gasteiger partial charge in [-0.1, -0.05) is 18.2 Å². The molecular weight excluding hydrogens is 354 g/mol. The molecule has 0 bridgehead atoms. The van der Waals surface area contributed by atoms with Crippen LogP contribution in [0.4, 0.5) is 0 Å². The molecule has 26 heavy (non-hydrogen) atoms. The van der Waals surface area contributed by atoms with Gasteiger partial charge >= 0.3 is 0 Å². The van der Waals surface area contributed by atoms with Gasteiger partial charge in [-0.25, -0.2) is 8.42 Å². The van der Waals surface area contributed by atoms with Crippen molar-refractivity contribution in [3.05, 3.63) is 30.3 Å². The standard InChI is InChI=1S/C18H27N3O4S/c1-15(19-9-7-16(22)8-10-19)18(23)20-11-13-21(14-12-20)26(24,25)17-5-3-2-4-6-17/h2-6,15-16,22H,7-14H2,1H3. The fraction of sp³-hybridized carbons (Fsp3) is 0.611. The van der Waals surface area contributed by atoms with Crippen molar-refractivity contribution in [3.8, 4) is 0 Å². The highest BCUT2D eigenvalue weighted by atomic mass is 32.2. The molecule has 0 aromatic heterocycles. The fourth-order valence-electron chi connectivity index (χ4n) is 3.58. The van der Waals surface area contributed by atoms with E-state index >= 15 is 0 Å². The van der Waals surface area contributed by atoms with Crippen LogP contribution in [0.15, 0.2) is 35.2 Å². The summed E-state index contributed by atoms with van der Waals surface area (Å²) in [5, 5.41) is 9.61. The van der Waals surface area contributed by atoms with Crippen LogP contribution in [0.1, 0.15) is 19.8 Å². The van der Waals surface area contributed by atoms with Crippen LogP contribution < -0.4 is 0 Å². The number of rotatable bonds is 4. The SMILES string of the molecule is CC(C(=O)N1CCN(S(=O)(=O)c2ccccc2)CC1)N1CCC(O)CC1. The third kappa shape index (κ3) is 4.09. The van der Waals surface area contributed by atoms with Gasteiger partial charge in [-0.05, 0) is 31.9 Å². The topological polar surface area (TPSA) is 81.2 Å². The first-order valence-electron chi connectivity index (χ1n) is 9.15. The van der Waals surface area contributed by atoms with Gasteiger partial charge in [-0.3, -0.25) is 9.69 Å². The lowest BCUT2D eigenvalue weighted by Gasteiger charge is -2.39. The molecule has 0 radical (unpaired) electrons. The monoisotopic (exact) mass is 381 g/mol. The molecule has 2 saturated heterocycles. The highest BCUT2D eigenvalue weighted by molar-refractivity contribution is 7.89. The number of benzene rings is 1. The number of aliphatic hydroxyl groups is 1. The Morgan fingerprint density at radius 1 is 1.04 bits per heavy atom. The van der Waals surface area contributed by atoms with Crippen molar-refractivity contribution >= 4 is 15.9 Å². The summed E-state index contributed by atoms with van der Waals surface area (Å²) in [7, 11) is -3.50. The van der Waals surface area contributed by atoms with Crippen molar-refractivity contribution in [3.63, 3.8) is 0 Å². The van der Waals surface area contributed by atoms with Crippen molar-refractivity contribution in [1.29, 1.82) is 0 Å². The number of nitrogens with zero attached hydrogens (tertiary/aromatic N) is 3. The molecule has 1 aromatic rings. The summed E-state index contributed by atoms with van der Waals surface area (Å²) in [6.07, 6.45) is 1.13. The lowest BCUT2D eigenvalue weighted by atomic mass is 10.1. The van der Waals surface area contributed by atoms with E-state index in [9.17, 15) is 18.3 Å². The Hall–Kier alpha value is -1.48. The minimum atomic E-state index is -3.50. The summed E-state index contributed by atoms with van der Waals surface area (Å²) in [6, 6.07) is 8.17. The van der Waals surface area contributed by atoms with E-state index in [4.69, 9.17) is 0 Å². The highest BCUT2D eigenvalue weighted by Crippen LogP contribution is 2.19. The number of piperidine rings is 1. The van der Waals surface area contributed by atoms with Gasteiger partial charge in [0.15, 0.2) is 0 Å². The molecule has 2 heterocycles. The van der Waals surface area contributed by atoms with Crippen LogP contribution >= 0.6 is 0 Å². The molecule has 1 aromatic carbocycles. The number of carbonyl (C=O) groups excluding carboxylic acids is 1. The van der Waals surface area contributed by atoms with Gasteiger partial charge in [0.1, 0.15) is 0 Å². The minimum absolute atomic E-state index is 0.0400. The summed E-state index contributed by atoms with van der Waals surface area (Å²) < 4.78 is 26.8. The van der Waals surface area contributed by atoms with E-state index in [1.54, 1.807) is 35.2 Å². The second kappa shape index (κ2) is 8.04. The Labute approximate surface area is 155 Å². The summed E-state index contributed by atoms with van der Waals surface area (Å²) >= 11 is 0. The molecule has 1 N–H and O–H groups in total. The van der Waals surface area contributed by atoms with Crippen LogP contribution in [0.5, 0.6) is 0 Å². The van der Waals surface area contributed by atoms with Crippen molar-refractivity contribution < 1.29 is 18.3 Å². The number of piperazine rings is 1. The molecule has 0 aliphatic carbocycles. The zero-order valence-corrected chi connectivity index (χ0v) is 15.9. The lowest BCUT2D eigenvalue weighted by molar-refractivity contribution is -0.138. The van der Waals surface area contributed by atoms with Crippen LogP contribution in [0.3, 0.4) is 0 Å². The second-order valence-electron chi connectivity index (χ2n) is 6.99. The van der Waals surface area contributed by atoms with Crippen LogP contribution in [-0.4, -0.2) is 85.0 Å². The molecule has 3 rings (SSSR count). The van der Waals surface area contributed by atoms with Gasteiger partial charge in [-0.15, -0.1) is 0 Å². The van der Waals surface area contributed by atoms with Crippen molar-refractivity contribution in [2.75, 3.05) is 39.3 Å². The molecule has 2 fully saturated rings. The first-order chi connectivity index (χ1) is 12.4. The predicted octanol–water partition coefficient (Wildman–Crippen LogP) is 0.365. The first-order valence-corrected chi connectivity index (χ1v) is 10.6. The molecule has 144 valence electrons. The number of hydrogen-bond acceptors (Lipinski definition) is 5. The van der Waals surface area contributed by atoms with Gasteiger partial charge in [0, 0.05) is 39.3 Å². The van der Waals surface area contributed by atoms with E-state index in [1.165, 1.54) is 4.31 Å². The van der Waals surface area contributed by atoms with E-state index in [0.717, 1.165) is 13.1 Å². The molecule has 8 heteroatoms. The number of amides is 1. The van der Waals surface area contributed by atoms with E-state index in [2.05, 4.69) is 4.90 Å². The third-order valence-electron chi connectivity index (χ3n) is 5.34. The van der Waals surface area contributed by atoms with E-state index in [0.29, 0.717) is 43.9 Å². The van der Waals surface area contributed by atoms with E-state index in [-0.39, 0.29) is 18.1 Å². The minimum Gasteiger partial charge on any atom is -0.393 e. The first kappa shape index (κ1) is 19.3. The van der Waals surface area contributed by atoms with Gasteiger partial charge in [0.2, 0.25) is 15.9 Å². The number of carbonyl (C=O) groups is 1. The van der Waals surface area contributed by atoms with Gasteiger partial charge in [-0.2, -0.15) is 4.31 Å². The van der Waals surface area contributed by atoms with Crippen LogP contribution in [0.25, 0.3) is 0 Å². The Balaban J connectivity index is 1.57. The zero-order chi connectivity index (χ0) is 18.7. The largest absolute Gasteiger partial charge is 0.393 e. The van der Waals surface area contributed by atoms with Crippen molar-refractivity contribution in [2.24, 2.45) is 0 Å². The van der Waals surface area contributed by atoms with Gasteiger partial charge < -0.3 is 10.0 Å².